The van der Waals surface area contributed by atoms with Crippen LogP contribution in [0.5, 0.6) is 0 Å². The van der Waals surface area contributed by atoms with Gasteiger partial charge in [0.25, 0.3) is 0 Å². The molecular formula is C15H20F4N2. The van der Waals surface area contributed by atoms with E-state index >= 15 is 0 Å². The molecule has 1 saturated carbocycles. The summed E-state index contributed by atoms with van der Waals surface area (Å²) in [7, 11) is 0. The van der Waals surface area contributed by atoms with Gasteiger partial charge < -0.3 is 10.2 Å². The van der Waals surface area contributed by atoms with E-state index < -0.39 is 18.5 Å². The van der Waals surface area contributed by atoms with Crippen LogP contribution in [0.2, 0.25) is 0 Å². The minimum Gasteiger partial charge on any atom is -0.360 e. The number of para-hydroxylation sites is 1. The van der Waals surface area contributed by atoms with E-state index in [1.807, 2.05) is 0 Å². The summed E-state index contributed by atoms with van der Waals surface area (Å²) in [4.78, 5) is 1.10. The molecule has 0 aliphatic heterocycles. The van der Waals surface area contributed by atoms with Gasteiger partial charge in [0.1, 0.15) is 12.4 Å². The fourth-order valence-electron chi connectivity index (χ4n) is 2.35. The molecule has 0 radical (unpaired) electrons. The van der Waals surface area contributed by atoms with E-state index in [1.165, 1.54) is 6.07 Å². The molecule has 0 atom stereocenters. The number of anilines is 1. The van der Waals surface area contributed by atoms with Crippen LogP contribution in [-0.2, 0) is 6.54 Å². The molecule has 0 saturated heterocycles. The largest absolute Gasteiger partial charge is 0.405 e. The minimum absolute atomic E-state index is 0.0739. The molecule has 1 aliphatic carbocycles. The van der Waals surface area contributed by atoms with E-state index in [4.69, 9.17) is 0 Å². The van der Waals surface area contributed by atoms with Gasteiger partial charge in [0.15, 0.2) is 0 Å². The van der Waals surface area contributed by atoms with E-state index in [9.17, 15) is 17.6 Å². The first-order chi connectivity index (χ1) is 9.90. The highest BCUT2D eigenvalue weighted by Gasteiger charge is 2.32. The van der Waals surface area contributed by atoms with E-state index in [-0.39, 0.29) is 12.2 Å². The molecule has 118 valence electrons. The second kappa shape index (κ2) is 6.64. The van der Waals surface area contributed by atoms with Gasteiger partial charge in [-0.15, -0.1) is 0 Å². The van der Waals surface area contributed by atoms with Gasteiger partial charge in [-0.3, -0.25) is 0 Å². The molecule has 0 unspecified atom stereocenters. The Morgan fingerprint density at radius 2 is 2.00 bits per heavy atom. The maximum atomic E-state index is 14.1. The van der Waals surface area contributed by atoms with E-state index in [1.54, 1.807) is 19.1 Å². The highest BCUT2D eigenvalue weighted by molar-refractivity contribution is 5.55. The normalized spacial score (nSPS) is 15.3. The molecule has 0 heterocycles. The number of rotatable bonds is 7. The van der Waals surface area contributed by atoms with Crippen molar-refractivity contribution in [3.05, 3.63) is 29.6 Å². The first kappa shape index (κ1) is 16.1. The quantitative estimate of drug-likeness (QED) is 0.770. The molecule has 1 fully saturated rings. The number of hydrogen-bond donors (Lipinski definition) is 1. The fraction of sp³-hybridized carbons (Fsp3) is 0.600. The third-order valence-electron chi connectivity index (χ3n) is 3.41. The van der Waals surface area contributed by atoms with Crippen molar-refractivity contribution in [2.24, 2.45) is 0 Å². The lowest BCUT2D eigenvalue weighted by Gasteiger charge is -2.28. The zero-order valence-corrected chi connectivity index (χ0v) is 12.0. The van der Waals surface area contributed by atoms with Crippen molar-refractivity contribution in [2.75, 3.05) is 18.0 Å². The van der Waals surface area contributed by atoms with Crippen molar-refractivity contribution >= 4 is 5.69 Å². The number of hydrogen-bond acceptors (Lipinski definition) is 2. The molecule has 1 aromatic rings. The highest BCUT2D eigenvalue weighted by atomic mass is 19.4. The minimum atomic E-state index is -4.35. The summed E-state index contributed by atoms with van der Waals surface area (Å²) in [6.07, 6.45) is -1.67. The monoisotopic (exact) mass is 304 g/mol. The Kier molecular flexibility index (Phi) is 5.08. The summed E-state index contributed by atoms with van der Waals surface area (Å²) in [6.45, 7) is 1.23. The molecular weight excluding hydrogens is 284 g/mol. The average Bonchev–Trinajstić information content (AvgIpc) is 3.18. The van der Waals surface area contributed by atoms with Crippen LogP contribution in [0.3, 0.4) is 0 Å². The van der Waals surface area contributed by atoms with Gasteiger partial charge in [-0.25, -0.2) is 4.39 Å². The Morgan fingerprint density at radius 3 is 2.57 bits per heavy atom. The van der Waals surface area contributed by atoms with Crippen LogP contribution >= 0.6 is 0 Å². The highest BCUT2D eigenvalue weighted by Crippen LogP contribution is 2.29. The van der Waals surface area contributed by atoms with Gasteiger partial charge in [-0.05, 0) is 30.9 Å². The van der Waals surface area contributed by atoms with Gasteiger partial charge >= 0.3 is 6.18 Å². The maximum Gasteiger partial charge on any atom is 0.405 e. The molecule has 0 bridgehead atoms. The average molecular weight is 304 g/mol. The van der Waals surface area contributed by atoms with Gasteiger partial charge in [0.2, 0.25) is 0 Å². The molecule has 1 aromatic carbocycles. The number of nitrogens with one attached hydrogen (secondary N) is 1. The summed E-state index contributed by atoms with van der Waals surface area (Å²) < 4.78 is 52.3. The lowest BCUT2D eigenvalue weighted by Crippen LogP contribution is -2.36. The van der Waals surface area contributed by atoms with E-state index in [0.29, 0.717) is 24.6 Å². The zero-order chi connectivity index (χ0) is 15.5. The van der Waals surface area contributed by atoms with E-state index in [0.717, 1.165) is 17.7 Å². The van der Waals surface area contributed by atoms with Crippen LogP contribution in [-0.4, -0.2) is 25.3 Å². The second-order valence-electron chi connectivity index (χ2n) is 5.44. The number of alkyl halides is 3. The van der Waals surface area contributed by atoms with Crippen LogP contribution < -0.4 is 10.2 Å². The molecule has 1 aliphatic rings. The Balaban J connectivity index is 2.23. The molecule has 0 amide bonds. The molecule has 6 heteroatoms. The summed E-state index contributed by atoms with van der Waals surface area (Å²) in [5.41, 5.74) is 0.657. The predicted octanol–water partition coefficient (Wildman–Crippen LogP) is 3.86. The lowest BCUT2D eigenvalue weighted by molar-refractivity contribution is -0.119. The predicted molar refractivity (Wildman–Crippen MR) is 74.8 cm³/mol. The molecule has 0 aromatic heterocycles. The number of benzene rings is 1. The first-order valence-corrected chi connectivity index (χ1v) is 7.23. The third kappa shape index (κ3) is 4.88. The molecule has 0 spiro atoms. The summed E-state index contributed by atoms with van der Waals surface area (Å²) >= 11 is 0. The van der Waals surface area contributed by atoms with E-state index in [2.05, 4.69) is 5.32 Å². The van der Waals surface area contributed by atoms with Crippen molar-refractivity contribution in [1.29, 1.82) is 0 Å². The van der Waals surface area contributed by atoms with Crippen molar-refractivity contribution in [3.63, 3.8) is 0 Å². The number of nitrogens with zero attached hydrogens (tertiary/aromatic N) is 1. The first-order valence-electron chi connectivity index (χ1n) is 7.23. The van der Waals surface area contributed by atoms with Gasteiger partial charge in [-0.2, -0.15) is 13.2 Å². The summed E-state index contributed by atoms with van der Waals surface area (Å²) in [6, 6.07) is 4.87. The van der Waals surface area contributed by atoms with Crippen molar-refractivity contribution in [1.82, 2.24) is 5.32 Å². The lowest BCUT2D eigenvalue weighted by atomic mass is 10.1. The topological polar surface area (TPSA) is 15.3 Å². The summed E-state index contributed by atoms with van der Waals surface area (Å²) in [5.74, 6) is -0.595. The molecule has 1 N–H and O–H groups in total. The van der Waals surface area contributed by atoms with Gasteiger partial charge in [0, 0.05) is 19.1 Å². The number of halogens is 4. The van der Waals surface area contributed by atoms with Crippen molar-refractivity contribution in [2.45, 2.75) is 44.9 Å². The van der Waals surface area contributed by atoms with Crippen molar-refractivity contribution in [3.8, 4) is 0 Å². The summed E-state index contributed by atoms with van der Waals surface area (Å²) in [5, 5.41) is 3.23. The Bertz CT molecular complexity index is 469. The Hall–Kier alpha value is -1.30. The zero-order valence-electron chi connectivity index (χ0n) is 12.0. The van der Waals surface area contributed by atoms with Crippen LogP contribution in [0.1, 0.15) is 31.7 Å². The second-order valence-corrected chi connectivity index (χ2v) is 5.44. The van der Waals surface area contributed by atoms with Gasteiger partial charge in [-0.1, -0.05) is 19.1 Å². The smallest absolute Gasteiger partial charge is 0.360 e. The Morgan fingerprint density at radius 1 is 1.29 bits per heavy atom. The van der Waals surface area contributed by atoms with Crippen LogP contribution in [0.4, 0.5) is 23.2 Å². The van der Waals surface area contributed by atoms with Gasteiger partial charge in [0.05, 0.1) is 5.69 Å². The Labute approximate surface area is 122 Å². The van der Waals surface area contributed by atoms with Crippen LogP contribution in [0.25, 0.3) is 0 Å². The fourth-order valence-corrected chi connectivity index (χ4v) is 2.35. The molecule has 2 nitrogen and oxygen atoms in total. The van der Waals surface area contributed by atoms with Crippen LogP contribution in [0.15, 0.2) is 18.2 Å². The SMILES string of the molecule is CCCN(CC(F)(F)F)c1c(F)cccc1CNC1CC1. The molecule has 2 rings (SSSR count). The maximum absolute atomic E-state index is 14.1. The molecule has 21 heavy (non-hydrogen) atoms. The standard InChI is InChI=1S/C15H20F4N2/c1-2-8-21(10-15(17,18)19)14-11(4-3-5-13(14)16)9-20-12-6-7-12/h3-5,12,20H,2,6-10H2,1H3. The third-order valence-corrected chi connectivity index (χ3v) is 3.41. The van der Waals surface area contributed by atoms with Crippen LogP contribution in [0, 0.1) is 5.82 Å². The van der Waals surface area contributed by atoms with Crippen molar-refractivity contribution < 1.29 is 17.6 Å².